The quantitative estimate of drug-likeness (QED) is 0.427. The molecule has 0 aliphatic carbocycles. The van der Waals surface area contributed by atoms with Crippen molar-refractivity contribution in [3.63, 3.8) is 0 Å². The van der Waals surface area contributed by atoms with Gasteiger partial charge in [0.2, 0.25) is 0 Å². The van der Waals surface area contributed by atoms with Crippen molar-refractivity contribution >= 4 is 0 Å². The molecule has 112 valence electrons. The van der Waals surface area contributed by atoms with Gasteiger partial charge in [0.15, 0.2) is 0 Å². The molecule has 1 N–H and O–H groups in total. The molecule has 0 spiro atoms. The first-order valence-electron chi connectivity index (χ1n) is 8.47. The van der Waals surface area contributed by atoms with Crippen molar-refractivity contribution in [2.45, 2.75) is 97.8 Å². The maximum absolute atomic E-state index is 3.20. The van der Waals surface area contributed by atoms with Crippen LogP contribution in [0.5, 0.6) is 0 Å². The summed E-state index contributed by atoms with van der Waals surface area (Å²) in [5.41, 5.74) is 0. The normalized spacial score (nSPS) is 10.0. The zero-order valence-electron chi connectivity index (χ0n) is 13.7. The molecule has 0 amide bonds. The molecule has 0 saturated carbocycles. The van der Waals surface area contributed by atoms with Crippen LogP contribution in [-0.2, 0) is 0 Å². The number of unbranched alkanes of at least 4 members (excludes halogenated alkanes) is 10. The Morgan fingerprint density at radius 2 is 0.889 bits per heavy atom. The van der Waals surface area contributed by atoms with Gasteiger partial charge in [-0.15, -0.1) is 0 Å². The van der Waals surface area contributed by atoms with Crippen LogP contribution in [0.15, 0.2) is 0 Å². The number of hydrogen-bond acceptors (Lipinski definition) is 1. The minimum atomic E-state index is 1.19. The van der Waals surface area contributed by atoms with Gasteiger partial charge in [-0.1, -0.05) is 91.4 Å². The molecule has 0 aromatic rings. The van der Waals surface area contributed by atoms with E-state index in [0.717, 1.165) is 0 Å². The monoisotopic (exact) mass is 257 g/mol. The van der Waals surface area contributed by atoms with Crippen LogP contribution in [-0.4, -0.2) is 13.6 Å². The van der Waals surface area contributed by atoms with E-state index in [2.05, 4.69) is 26.1 Å². The van der Waals surface area contributed by atoms with Gasteiger partial charge in [-0.3, -0.25) is 0 Å². The highest BCUT2D eigenvalue weighted by molar-refractivity contribution is 4.48. The van der Waals surface area contributed by atoms with E-state index in [0.29, 0.717) is 0 Å². The molecule has 0 heterocycles. The summed E-state index contributed by atoms with van der Waals surface area (Å²) in [6.45, 7) is 7.72. The van der Waals surface area contributed by atoms with Crippen molar-refractivity contribution in [3.8, 4) is 0 Å². The molecule has 18 heavy (non-hydrogen) atoms. The second-order valence-corrected chi connectivity index (χ2v) is 5.35. The first-order valence-corrected chi connectivity index (χ1v) is 8.47. The van der Waals surface area contributed by atoms with E-state index in [1.54, 1.807) is 0 Å². The van der Waals surface area contributed by atoms with Crippen molar-refractivity contribution < 1.29 is 0 Å². The molecule has 1 nitrogen and oxygen atoms in total. The first kappa shape index (κ1) is 20.3. The molecule has 0 saturated heterocycles. The Labute approximate surface area is 117 Å². The smallest absolute Gasteiger partial charge is 0.00519 e. The van der Waals surface area contributed by atoms with Crippen LogP contribution in [0.2, 0.25) is 0 Å². The molecule has 0 fully saturated rings. The van der Waals surface area contributed by atoms with E-state index in [-0.39, 0.29) is 0 Å². The van der Waals surface area contributed by atoms with Gasteiger partial charge in [0.1, 0.15) is 0 Å². The van der Waals surface area contributed by atoms with E-state index in [1.165, 1.54) is 83.6 Å². The summed E-state index contributed by atoms with van der Waals surface area (Å²) in [4.78, 5) is 0. The van der Waals surface area contributed by atoms with Gasteiger partial charge in [-0.05, 0) is 20.0 Å². The van der Waals surface area contributed by atoms with Crippen molar-refractivity contribution in [1.82, 2.24) is 5.32 Å². The lowest BCUT2D eigenvalue weighted by molar-refractivity contribution is 0.545. The standard InChI is InChI=1S/C14H31N.C3H8/c1-3-4-5-6-7-8-9-10-11-12-13-14-15-2;1-3-2/h15H,3-14H2,1-2H3;3H2,1-2H3. The van der Waals surface area contributed by atoms with Crippen LogP contribution >= 0.6 is 0 Å². The van der Waals surface area contributed by atoms with Crippen LogP contribution in [0.3, 0.4) is 0 Å². The fourth-order valence-electron chi connectivity index (χ4n) is 1.97. The molecule has 0 aromatic carbocycles. The fourth-order valence-corrected chi connectivity index (χ4v) is 1.97. The topological polar surface area (TPSA) is 12.0 Å². The van der Waals surface area contributed by atoms with Crippen molar-refractivity contribution in [2.75, 3.05) is 13.6 Å². The molecule has 0 radical (unpaired) electrons. The van der Waals surface area contributed by atoms with Gasteiger partial charge >= 0.3 is 0 Å². The molecule has 0 rings (SSSR count). The van der Waals surface area contributed by atoms with Crippen molar-refractivity contribution in [2.24, 2.45) is 0 Å². The first-order chi connectivity index (χ1) is 8.83. The van der Waals surface area contributed by atoms with E-state index in [9.17, 15) is 0 Å². The maximum Gasteiger partial charge on any atom is -0.00519 e. The summed E-state index contributed by atoms with van der Waals surface area (Å²) >= 11 is 0. The van der Waals surface area contributed by atoms with Crippen molar-refractivity contribution in [1.29, 1.82) is 0 Å². The highest BCUT2D eigenvalue weighted by atomic mass is 14.8. The molecule has 1 heteroatoms. The third-order valence-electron chi connectivity index (χ3n) is 3.03. The SMILES string of the molecule is CCC.CCCCCCCCCCCCCNC. The zero-order valence-corrected chi connectivity index (χ0v) is 13.7. The van der Waals surface area contributed by atoms with Gasteiger partial charge in [-0.2, -0.15) is 0 Å². The van der Waals surface area contributed by atoms with Crippen LogP contribution < -0.4 is 5.32 Å². The Bertz CT molecular complexity index is 100. The van der Waals surface area contributed by atoms with Crippen LogP contribution in [0.1, 0.15) is 97.8 Å². The average Bonchev–Trinajstić information content (AvgIpc) is 2.37. The average molecular weight is 258 g/mol. The van der Waals surface area contributed by atoms with Crippen LogP contribution in [0.25, 0.3) is 0 Å². The Balaban J connectivity index is 0. The number of nitrogens with one attached hydrogen (secondary N) is 1. The summed E-state index contributed by atoms with van der Waals surface area (Å²) in [5, 5.41) is 3.20. The van der Waals surface area contributed by atoms with Gasteiger partial charge < -0.3 is 5.32 Å². The van der Waals surface area contributed by atoms with Gasteiger partial charge in [-0.25, -0.2) is 0 Å². The zero-order chi connectivity index (χ0) is 13.9. The second kappa shape index (κ2) is 22.2. The molecule has 0 aromatic heterocycles. The summed E-state index contributed by atoms with van der Waals surface area (Å²) in [6, 6.07) is 0. The van der Waals surface area contributed by atoms with E-state index < -0.39 is 0 Å². The molecule has 0 bridgehead atoms. The van der Waals surface area contributed by atoms with E-state index >= 15 is 0 Å². The minimum absolute atomic E-state index is 1.19. The lowest BCUT2D eigenvalue weighted by atomic mass is 10.1. The van der Waals surface area contributed by atoms with Crippen LogP contribution in [0.4, 0.5) is 0 Å². The summed E-state index contributed by atoms with van der Waals surface area (Å²) in [6.07, 6.45) is 17.0. The summed E-state index contributed by atoms with van der Waals surface area (Å²) in [5.74, 6) is 0. The van der Waals surface area contributed by atoms with Gasteiger partial charge in [0, 0.05) is 0 Å². The predicted octanol–water partition coefficient (Wildman–Crippen LogP) is 5.93. The molecular formula is C17H39N. The molecule has 0 aliphatic heterocycles. The lowest BCUT2D eigenvalue weighted by Crippen LogP contribution is -2.06. The predicted molar refractivity (Wildman–Crippen MR) is 86.4 cm³/mol. The Morgan fingerprint density at radius 3 is 1.22 bits per heavy atom. The van der Waals surface area contributed by atoms with Gasteiger partial charge in [0.25, 0.3) is 0 Å². The number of hydrogen-bond donors (Lipinski definition) is 1. The Hall–Kier alpha value is -0.0400. The lowest BCUT2D eigenvalue weighted by Gasteiger charge is -2.02. The maximum atomic E-state index is 3.20. The fraction of sp³-hybridized carbons (Fsp3) is 1.00. The van der Waals surface area contributed by atoms with Crippen LogP contribution in [0, 0.1) is 0 Å². The van der Waals surface area contributed by atoms with E-state index in [1.807, 2.05) is 7.05 Å². The molecule has 0 atom stereocenters. The highest BCUT2D eigenvalue weighted by Crippen LogP contribution is 2.10. The molecular weight excluding hydrogens is 218 g/mol. The Kier molecular flexibility index (Phi) is 25.0. The largest absolute Gasteiger partial charge is 0.320 e. The molecule has 0 unspecified atom stereocenters. The van der Waals surface area contributed by atoms with Crippen molar-refractivity contribution in [3.05, 3.63) is 0 Å². The third-order valence-corrected chi connectivity index (χ3v) is 3.03. The minimum Gasteiger partial charge on any atom is -0.320 e. The second-order valence-electron chi connectivity index (χ2n) is 5.35. The van der Waals surface area contributed by atoms with E-state index in [4.69, 9.17) is 0 Å². The van der Waals surface area contributed by atoms with Gasteiger partial charge in [0.05, 0.1) is 0 Å². The summed E-state index contributed by atoms with van der Waals surface area (Å²) in [7, 11) is 2.04. The third kappa shape index (κ3) is 25.0. The number of rotatable bonds is 12. The summed E-state index contributed by atoms with van der Waals surface area (Å²) < 4.78 is 0. The molecule has 0 aliphatic rings. The highest BCUT2D eigenvalue weighted by Gasteiger charge is 1.92. The Morgan fingerprint density at radius 1 is 0.556 bits per heavy atom.